The molecule has 0 fully saturated rings. The summed E-state index contributed by atoms with van der Waals surface area (Å²) in [5.41, 5.74) is 8.76. The number of nitrogen functional groups attached to an aromatic ring is 1. The fourth-order valence-electron chi connectivity index (χ4n) is 2.13. The number of hydrogen-bond acceptors (Lipinski definition) is 4. The van der Waals surface area contributed by atoms with Crippen molar-refractivity contribution >= 4 is 23.3 Å². The summed E-state index contributed by atoms with van der Waals surface area (Å²) < 4.78 is 0. The fraction of sp³-hybridized carbons (Fsp3) is 0.263. The summed E-state index contributed by atoms with van der Waals surface area (Å²) >= 11 is 0. The zero-order chi connectivity index (χ0) is 19.1. The van der Waals surface area contributed by atoms with E-state index in [0.29, 0.717) is 16.9 Å². The minimum Gasteiger partial charge on any atom is -0.478 e. The van der Waals surface area contributed by atoms with Crippen LogP contribution in [0.5, 0.6) is 0 Å². The van der Waals surface area contributed by atoms with E-state index in [4.69, 9.17) is 15.9 Å². The molecule has 6 nitrogen and oxygen atoms in total. The Hall–Kier alpha value is -3.02. The second-order valence-corrected chi connectivity index (χ2v) is 6.05. The molecule has 0 aliphatic heterocycles. The predicted molar refractivity (Wildman–Crippen MR) is 99.4 cm³/mol. The van der Waals surface area contributed by atoms with E-state index >= 15 is 0 Å². The molecule has 0 aliphatic carbocycles. The van der Waals surface area contributed by atoms with Crippen LogP contribution in [0.4, 0.5) is 11.4 Å². The van der Waals surface area contributed by atoms with Crippen molar-refractivity contribution < 1.29 is 19.8 Å². The lowest BCUT2D eigenvalue weighted by molar-refractivity contribution is 0.0687. The van der Waals surface area contributed by atoms with Gasteiger partial charge in [0.25, 0.3) is 0 Å². The molecule has 2 aromatic rings. The van der Waals surface area contributed by atoms with Gasteiger partial charge in [0.1, 0.15) is 0 Å². The molecule has 2 rings (SSSR count). The molecule has 0 amide bonds. The Balaban J connectivity index is 0.000000257. The average molecular weight is 344 g/mol. The standard InChI is InChI=1S/C11H15NO2.C8H9NO2/c1-7(2)12-10-5-4-8(3)6-9(10)11(13)14;1-5-2-3-7(9)6(4-5)8(10)11/h4-7,12H,1-3H3,(H,13,14);2-4H,9H2,1H3,(H,10,11). The highest BCUT2D eigenvalue weighted by molar-refractivity contribution is 5.94. The molecule has 0 atom stereocenters. The molecule has 0 saturated heterocycles. The maximum absolute atomic E-state index is 10.9. The number of carboxylic acids is 2. The number of carboxylic acid groups (broad SMARTS) is 2. The maximum atomic E-state index is 10.9. The van der Waals surface area contributed by atoms with E-state index in [1.165, 1.54) is 0 Å². The molecule has 0 radical (unpaired) electrons. The van der Waals surface area contributed by atoms with Gasteiger partial charge in [-0.25, -0.2) is 9.59 Å². The number of nitrogens with two attached hydrogens (primary N) is 1. The van der Waals surface area contributed by atoms with Crippen molar-refractivity contribution in [2.75, 3.05) is 11.1 Å². The van der Waals surface area contributed by atoms with Gasteiger partial charge in [0.2, 0.25) is 0 Å². The van der Waals surface area contributed by atoms with E-state index in [9.17, 15) is 9.59 Å². The largest absolute Gasteiger partial charge is 0.478 e. The Kier molecular flexibility index (Phi) is 6.99. The summed E-state index contributed by atoms with van der Waals surface area (Å²) in [6.07, 6.45) is 0. The highest BCUT2D eigenvalue weighted by Gasteiger charge is 2.10. The van der Waals surface area contributed by atoms with Crippen molar-refractivity contribution in [1.82, 2.24) is 0 Å². The molecule has 6 heteroatoms. The van der Waals surface area contributed by atoms with Crippen molar-refractivity contribution in [3.63, 3.8) is 0 Å². The Morgan fingerprint density at radius 1 is 0.920 bits per heavy atom. The summed E-state index contributed by atoms with van der Waals surface area (Å²) in [5, 5.41) is 20.7. The first-order valence-corrected chi connectivity index (χ1v) is 7.81. The molecule has 0 saturated carbocycles. The van der Waals surface area contributed by atoms with E-state index in [2.05, 4.69) is 5.32 Å². The predicted octanol–water partition coefficient (Wildman–Crippen LogP) is 3.79. The third-order valence-electron chi connectivity index (χ3n) is 3.29. The molecule has 25 heavy (non-hydrogen) atoms. The van der Waals surface area contributed by atoms with Crippen LogP contribution in [-0.4, -0.2) is 28.2 Å². The number of aromatic carboxylic acids is 2. The molecule has 0 aromatic heterocycles. The summed E-state index contributed by atoms with van der Waals surface area (Å²) in [4.78, 5) is 21.4. The smallest absolute Gasteiger partial charge is 0.337 e. The molecule has 0 bridgehead atoms. The molecule has 5 N–H and O–H groups in total. The molecule has 2 aromatic carbocycles. The first kappa shape index (κ1) is 20.0. The van der Waals surface area contributed by atoms with E-state index in [0.717, 1.165) is 11.1 Å². The van der Waals surface area contributed by atoms with E-state index in [1.54, 1.807) is 30.3 Å². The van der Waals surface area contributed by atoms with Gasteiger partial charge in [-0.15, -0.1) is 0 Å². The monoisotopic (exact) mass is 344 g/mol. The minimum absolute atomic E-state index is 0.171. The Labute approximate surface area is 147 Å². The highest BCUT2D eigenvalue weighted by atomic mass is 16.4. The van der Waals surface area contributed by atoms with Crippen LogP contribution in [-0.2, 0) is 0 Å². The molecule has 0 aliphatic rings. The topological polar surface area (TPSA) is 113 Å². The van der Waals surface area contributed by atoms with Gasteiger partial charge < -0.3 is 21.3 Å². The first-order chi connectivity index (χ1) is 11.6. The third-order valence-corrected chi connectivity index (χ3v) is 3.29. The second kappa shape index (κ2) is 8.73. The molecular weight excluding hydrogens is 320 g/mol. The van der Waals surface area contributed by atoms with Gasteiger partial charge in [0.05, 0.1) is 11.1 Å². The number of aryl methyl sites for hydroxylation is 2. The van der Waals surface area contributed by atoms with Crippen molar-refractivity contribution in [3.05, 3.63) is 58.7 Å². The maximum Gasteiger partial charge on any atom is 0.337 e. The van der Waals surface area contributed by atoms with Crippen LogP contribution in [0.25, 0.3) is 0 Å². The van der Waals surface area contributed by atoms with Crippen LogP contribution >= 0.6 is 0 Å². The second-order valence-electron chi connectivity index (χ2n) is 6.05. The van der Waals surface area contributed by atoms with Gasteiger partial charge in [-0.3, -0.25) is 0 Å². The van der Waals surface area contributed by atoms with Gasteiger partial charge in [0.15, 0.2) is 0 Å². The van der Waals surface area contributed by atoms with E-state index in [-0.39, 0.29) is 11.6 Å². The molecule has 134 valence electrons. The Morgan fingerprint density at radius 2 is 1.40 bits per heavy atom. The third kappa shape index (κ3) is 6.18. The molecule has 0 heterocycles. The normalized spacial score (nSPS) is 9.96. The number of benzene rings is 2. The lowest BCUT2D eigenvalue weighted by atomic mass is 10.1. The van der Waals surface area contributed by atoms with Crippen LogP contribution < -0.4 is 11.1 Å². The van der Waals surface area contributed by atoms with Crippen LogP contribution in [0, 0.1) is 13.8 Å². The number of rotatable bonds is 4. The minimum atomic E-state index is -0.980. The Morgan fingerprint density at radius 3 is 1.84 bits per heavy atom. The highest BCUT2D eigenvalue weighted by Crippen LogP contribution is 2.18. The summed E-state index contributed by atoms with van der Waals surface area (Å²) in [6.45, 7) is 7.66. The zero-order valence-corrected chi connectivity index (χ0v) is 14.8. The van der Waals surface area contributed by atoms with Crippen LogP contribution in [0.15, 0.2) is 36.4 Å². The lowest BCUT2D eigenvalue weighted by Crippen LogP contribution is -2.13. The first-order valence-electron chi connectivity index (χ1n) is 7.81. The average Bonchev–Trinajstić information content (AvgIpc) is 2.51. The van der Waals surface area contributed by atoms with Gasteiger partial charge in [-0.2, -0.15) is 0 Å². The van der Waals surface area contributed by atoms with Crippen molar-refractivity contribution in [2.45, 2.75) is 33.7 Å². The quantitative estimate of drug-likeness (QED) is 0.628. The Bertz CT molecular complexity index is 770. The zero-order valence-electron chi connectivity index (χ0n) is 14.8. The molecular formula is C19H24N2O4. The fourth-order valence-corrected chi connectivity index (χ4v) is 2.13. The van der Waals surface area contributed by atoms with Gasteiger partial charge in [-0.1, -0.05) is 23.3 Å². The van der Waals surface area contributed by atoms with Crippen LogP contribution in [0.2, 0.25) is 0 Å². The SMILES string of the molecule is Cc1ccc(N)c(C(=O)O)c1.Cc1ccc(NC(C)C)c(C(=O)O)c1. The van der Waals surface area contributed by atoms with Crippen molar-refractivity contribution in [1.29, 1.82) is 0 Å². The van der Waals surface area contributed by atoms with Crippen molar-refractivity contribution in [3.8, 4) is 0 Å². The van der Waals surface area contributed by atoms with Crippen molar-refractivity contribution in [2.24, 2.45) is 0 Å². The summed E-state index contributed by atoms with van der Waals surface area (Å²) in [5.74, 6) is -1.87. The number of nitrogens with one attached hydrogen (secondary N) is 1. The number of carbonyl (C=O) groups is 2. The van der Waals surface area contributed by atoms with Gasteiger partial charge in [0, 0.05) is 17.4 Å². The van der Waals surface area contributed by atoms with Crippen LogP contribution in [0.3, 0.4) is 0 Å². The molecule has 0 unspecified atom stereocenters. The van der Waals surface area contributed by atoms with E-state index < -0.39 is 11.9 Å². The lowest BCUT2D eigenvalue weighted by Gasteiger charge is -2.12. The number of anilines is 2. The van der Waals surface area contributed by atoms with Crippen LogP contribution in [0.1, 0.15) is 45.7 Å². The number of hydrogen-bond donors (Lipinski definition) is 4. The molecule has 0 spiro atoms. The summed E-state index contributed by atoms with van der Waals surface area (Å²) in [6, 6.07) is 10.5. The van der Waals surface area contributed by atoms with Gasteiger partial charge in [-0.05, 0) is 52.0 Å². The summed E-state index contributed by atoms with van der Waals surface area (Å²) in [7, 11) is 0. The van der Waals surface area contributed by atoms with E-state index in [1.807, 2.05) is 33.8 Å². The van der Waals surface area contributed by atoms with Gasteiger partial charge >= 0.3 is 11.9 Å².